The van der Waals surface area contributed by atoms with E-state index < -0.39 is 6.04 Å². The van der Waals surface area contributed by atoms with Crippen LogP contribution < -0.4 is 15.8 Å². The largest absolute Gasteiger partial charge is 0.489 e. The molecule has 0 saturated heterocycles. The zero-order valence-electron chi connectivity index (χ0n) is 15.0. The summed E-state index contributed by atoms with van der Waals surface area (Å²) in [6.45, 7) is 6.55. The van der Waals surface area contributed by atoms with Crippen molar-refractivity contribution in [3.05, 3.63) is 59.7 Å². The molecule has 5 heteroatoms. The number of carbonyl (C=O) groups is 1. The summed E-state index contributed by atoms with van der Waals surface area (Å²) in [6, 6.07) is 15.0. The van der Waals surface area contributed by atoms with E-state index in [4.69, 9.17) is 10.5 Å². The number of hydrogen-bond donors (Lipinski definition) is 2. The number of nitrogens with two attached hydrogens (primary N) is 1. The van der Waals surface area contributed by atoms with E-state index in [1.54, 1.807) is 0 Å². The number of anilines is 1. The standard InChI is InChI=1S/C20H26N2O2.ClH/c1-14(2)12-18(21)20(23)22-19-11-7-8-16(15(19)3)13-24-17-9-5-4-6-10-17;/h4-11,14,18H,12-13,21H2,1-3H3,(H,22,23);1H/t18-;/m0./s1. The van der Waals surface area contributed by atoms with Crippen LogP contribution >= 0.6 is 12.4 Å². The van der Waals surface area contributed by atoms with Crippen molar-refractivity contribution in [2.45, 2.75) is 39.8 Å². The summed E-state index contributed by atoms with van der Waals surface area (Å²) in [4.78, 5) is 12.2. The molecule has 0 spiro atoms. The third kappa shape index (κ3) is 6.40. The molecule has 0 aliphatic heterocycles. The summed E-state index contributed by atoms with van der Waals surface area (Å²) in [5, 5.41) is 2.93. The maximum Gasteiger partial charge on any atom is 0.241 e. The maximum absolute atomic E-state index is 12.2. The van der Waals surface area contributed by atoms with Gasteiger partial charge in [0.05, 0.1) is 6.04 Å². The molecule has 2 rings (SSSR count). The summed E-state index contributed by atoms with van der Waals surface area (Å²) in [5.74, 6) is 1.07. The Bertz CT molecular complexity index is 675. The first kappa shape index (κ1) is 21.0. The average molecular weight is 363 g/mol. The number of nitrogens with one attached hydrogen (secondary N) is 1. The highest BCUT2D eigenvalue weighted by molar-refractivity contribution is 5.95. The van der Waals surface area contributed by atoms with E-state index in [1.165, 1.54) is 0 Å². The number of hydrogen-bond acceptors (Lipinski definition) is 3. The van der Waals surface area contributed by atoms with Crippen LogP contribution in [-0.4, -0.2) is 11.9 Å². The Morgan fingerprint density at radius 2 is 1.80 bits per heavy atom. The van der Waals surface area contributed by atoms with Gasteiger partial charge in [-0.25, -0.2) is 0 Å². The fraction of sp³-hybridized carbons (Fsp3) is 0.350. The van der Waals surface area contributed by atoms with Gasteiger partial charge in [0.2, 0.25) is 5.91 Å². The third-order valence-electron chi connectivity index (χ3n) is 3.90. The van der Waals surface area contributed by atoms with Gasteiger partial charge in [0.25, 0.3) is 0 Å². The average Bonchev–Trinajstić information content (AvgIpc) is 2.56. The lowest BCUT2D eigenvalue weighted by Gasteiger charge is -2.17. The molecule has 0 aromatic heterocycles. The van der Waals surface area contributed by atoms with Gasteiger partial charge >= 0.3 is 0 Å². The first-order valence-corrected chi connectivity index (χ1v) is 8.30. The Labute approximate surface area is 156 Å². The Morgan fingerprint density at radius 3 is 2.44 bits per heavy atom. The van der Waals surface area contributed by atoms with Gasteiger partial charge in [-0.05, 0) is 48.6 Å². The van der Waals surface area contributed by atoms with Gasteiger partial charge in [0.1, 0.15) is 12.4 Å². The second kappa shape index (κ2) is 10.1. The lowest BCUT2D eigenvalue weighted by Crippen LogP contribution is -2.36. The van der Waals surface area contributed by atoms with Crippen LogP contribution in [-0.2, 0) is 11.4 Å². The Hall–Kier alpha value is -2.04. The summed E-state index contributed by atoms with van der Waals surface area (Å²) < 4.78 is 5.80. The number of halogens is 1. The lowest BCUT2D eigenvalue weighted by atomic mass is 10.0. The van der Waals surface area contributed by atoms with Crippen molar-refractivity contribution in [1.29, 1.82) is 0 Å². The molecule has 4 nitrogen and oxygen atoms in total. The van der Waals surface area contributed by atoms with E-state index in [2.05, 4.69) is 19.2 Å². The molecule has 0 radical (unpaired) electrons. The molecule has 2 aromatic rings. The molecule has 0 aliphatic carbocycles. The molecule has 136 valence electrons. The van der Waals surface area contributed by atoms with Crippen LogP contribution in [0.15, 0.2) is 48.5 Å². The van der Waals surface area contributed by atoms with Gasteiger partial charge in [-0.3, -0.25) is 4.79 Å². The van der Waals surface area contributed by atoms with Crippen molar-refractivity contribution in [3.63, 3.8) is 0 Å². The highest BCUT2D eigenvalue weighted by atomic mass is 35.5. The highest BCUT2D eigenvalue weighted by Crippen LogP contribution is 2.21. The fourth-order valence-corrected chi connectivity index (χ4v) is 2.49. The number of carbonyl (C=O) groups excluding carboxylic acids is 1. The molecule has 0 saturated carbocycles. The smallest absolute Gasteiger partial charge is 0.241 e. The number of benzene rings is 2. The van der Waals surface area contributed by atoms with Crippen molar-refractivity contribution in [2.75, 3.05) is 5.32 Å². The maximum atomic E-state index is 12.2. The van der Waals surface area contributed by atoms with Crippen LogP contribution in [0.5, 0.6) is 5.75 Å². The first-order chi connectivity index (χ1) is 11.5. The number of ether oxygens (including phenoxy) is 1. The molecule has 1 atom stereocenters. The van der Waals surface area contributed by atoms with Crippen LogP contribution in [0, 0.1) is 12.8 Å². The SMILES string of the molecule is Cc1c(COc2ccccc2)cccc1NC(=O)[C@@H](N)CC(C)C.Cl. The van der Waals surface area contributed by atoms with Crippen molar-refractivity contribution < 1.29 is 9.53 Å². The van der Waals surface area contributed by atoms with E-state index >= 15 is 0 Å². The predicted molar refractivity (Wildman–Crippen MR) is 105 cm³/mol. The van der Waals surface area contributed by atoms with Gasteiger partial charge in [0.15, 0.2) is 0 Å². The minimum Gasteiger partial charge on any atom is -0.489 e. The monoisotopic (exact) mass is 362 g/mol. The zero-order valence-corrected chi connectivity index (χ0v) is 15.8. The second-order valence-corrected chi connectivity index (χ2v) is 6.42. The number of rotatable bonds is 7. The topological polar surface area (TPSA) is 64.3 Å². The molecule has 0 fully saturated rings. The molecule has 25 heavy (non-hydrogen) atoms. The van der Waals surface area contributed by atoms with Gasteiger partial charge < -0.3 is 15.8 Å². The summed E-state index contributed by atoms with van der Waals surface area (Å²) >= 11 is 0. The number of amides is 1. The van der Waals surface area contributed by atoms with E-state index in [0.29, 0.717) is 18.9 Å². The zero-order chi connectivity index (χ0) is 17.5. The molecule has 1 amide bonds. The Morgan fingerprint density at radius 1 is 1.12 bits per heavy atom. The van der Waals surface area contributed by atoms with Crippen LogP contribution in [0.2, 0.25) is 0 Å². The molecule has 0 heterocycles. The predicted octanol–water partition coefficient (Wildman–Crippen LogP) is 4.31. The van der Waals surface area contributed by atoms with Crippen molar-refractivity contribution in [3.8, 4) is 5.75 Å². The van der Waals surface area contributed by atoms with Crippen LogP contribution in [0.25, 0.3) is 0 Å². The number of para-hydroxylation sites is 1. The molecule has 3 N–H and O–H groups in total. The van der Waals surface area contributed by atoms with Crippen molar-refractivity contribution in [2.24, 2.45) is 11.7 Å². The Kier molecular flexibility index (Phi) is 8.46. The quantitative estimate of drug-likeness (QED) is 0.771. The molecular formula is C20H27ClN2O2. The van der Waals surface area contributed by atoms with E-state index in [0.717, 1.165) is 22.6 Å². The van der Waals surface area contributed by atoms with E-state index in [9.17, 15) is 4.79 Å². The van der Waals surface area contributed by atoms with Gasteiger partial charge in [-0.1, -0.05) is 44.2 Å². The highest BCUT2D eigenvalue weighted by Gasteiger charge is 2.16. The minimum absolute atomic E-state index is 0. The summed E-state index contributed by atoms with van der Waals surface area (Å²) in [5.41, 5.74) is 8.77. The van der Waals surface area contributed by atoms with Gasteiger partial charge in [-0.15, -0.1) is 12.4 Å². The molecule has 2 aromatic carbocycles. The van der Waals surface area contributed by atoms with E-state index in [-0.39, 0.29) is 18.3 Å². The van der Waals surface area contributed by atoms with Crippen LogP contribution in [0.3, 0.4) is 0 Å². The molecule has 0 aliphatic rings. The molecule has 0 unspecified atom stereocenters. The van der Waals surface area contributed by atoms with E-state index in [1.807, 2.05) is 55.5 Å². The fourth-order valence-electron chi connectivity index (χ4n) is 2.49. The van der Waals surface area contributed by atoms with Gasteiger partial charge in [0, 0.05) is 5.69 Å². The molecule has 0 bridgehead atoms. The second-order valence-electron chi connectivity index (χ2n) is 6.42. The van der Waals surface area contributed by atoms with Crippen LogP contribution in [0.4, 0.5) is 5.69 Å². The minimum atomic E-state index is -0.492. The Balaban J connectivity index is 0.00000312. The van der Waals surface area contributed by atoms with Gasteiger partial charge in [-0.2, -0.15) is 0 Å². The normalized spacial score (nSPS) is 11.6. The van der Waals surface area contributed by atoms with Crippen LogP contribution in [0.1, 0.15) is 31.4 Å². The lowest BCUT2D eigenvalue weighted by molar-refractivity contribution is -0.117. The third-order valence-corrected chi connectivity index (χ3v) is 3.90. The first-order valence-electron chi connectivity index (χ1n) is 8.30. The van der Waals surface area contributed by atoms with Crippen molar-refractivity contribution >= 4 is 24.0 Å². The summed E-state index contributed by atoms with van der Waals surface area (Å²) in [6.07, 6.45) is 0.668. The summed E-state index contributed by atoms with van der Waals surface area (Å²) in [7, 11) is 0. The molecular weight excluding hydrogens is 336 g/mol. The van der Waals surface area contributed by atoms with Crippen molar-refractivity contribution in [1.82, 2.24) is 0 Å².